The fourth-order valence-corrected chi connectivity index (χ4v) is 9.64. The Morgan fingerprint density at radius 2 is 0.743 bits per heavy atom. The molecule has 35 heavy (non-hydrogen) atoms. The summed E-state index contributed by atoms with van der Waals surface area (Å²) in [7, 11) is -6.72. The number of hydrogen-bond donors (Lipinski definition) is 0. The summed E-state index contributed by atoms with van der Waals surface area (Å²) >= 11 is 0. The molecule has 214 valence electrons. The average Bonchev–Trinajstić information content (AvgIpc) is 2.79. The van der Waals surface area contributed by atoms with E-state index in [1.807, 2.05) is 0 Å². The molecule has 0 aromatic carbocycles. The molecule has 0 rings (SSSR count). The van der Waals surface area contributed by atoms with Crippen molar-refractivity contribution in [1.82, 2.24) is 0 Å². The highest BCUT2D eigenvalue weighted by atomic mass is 32.2. The van der Waals surface area contributed by atoms with Crippen LogP contribution < -0.4 is 0 Å². The highest BCUT2D eigenvalue weighted by Crippen LogP contribution is 2.61. The molecule has 0 radical (unpaired) electrons. The lowest BCUT2D eigenvalue weighted by atomic mass is 10.1. The summed E-state index contributed by atoms with van der Waals surface area (Å²) < 4.78 is 58.9. The van der Waals surface area contributed by atoms with Gasteiger partial charge < -0.3 is 4.55 Å². The van der Waals surface area contributed by atoms with Gasteiger partial charge in [0.15, 0.2) is 10.1 Å². The molecule has 0 fully saturated rings. The van der Waals surface area contributed by atoms with Crippen LogP contribution in [0.15, 0.2) is 0 Å². The molecule has 0 saturated carbocycles. The summed E-state index contributed by atoms with van der Waals surface area (Å²) in [6.07, 6.45) is 33.0. The molecule has 0 atom stereocenters. The standard InChI is InChI=1S/C26H56P.CHF3O3S/c1-5-9-13-14-15-16-17-18-19-20-21-22-26-27(23-10-6-2,24-11-7-3)25-12-8-4;2-1(3,4)8(5,6)7/h5-26H2,1-4H3;(H,5,6,7)/q+1;/p-1. The Kier molecular flexibility index (Phi) is 24.8. The van der Waals surface area contributed by atoms with Crippen LogP contribution in [0.25, 0.3) is 0 Å². The molecular formula is C27H56F3O3PS. The van der Waals surface area contributed by atoms with Gasteiger partial charge in [0.05, 0.1) is 24.6 Å². The first-order valence-electron chi connectivity index (χ1n) is 14.4. The van der Waals surface area contributed by atoms with Gasteiger partial charge in [-0.1, -0.05) is 111 Å². The monoisotopic (exact) mass is 548 g/mol. The van der Waals surface area contributed by atoms with Crippen LogP contribution in [-0.2, 0) is 10.1 Å². The summed E-state index contributed by atoms with van der Waals surface area (Å²) in [5, 5.41) is 0. The van der Waals surface area contributed by atoms with Gasteiger partial charge in [-0.25, -0.2) is 8.42 Å². The number of alkyl halides is 3. The molecule has 0 aromatic heterocycles. The summed E-state index contributed by atoms with van der Waals surface area (Å²) in [4.78, 5) is 0. The molecule has 0 N–H and O–H groups in total. The molecule has 0 unspecified atom stereocenters. The molecule has 0 aromatic rings. The zero-order valence-corrected chi connectivity index (χ0v) is 25.0. The van der Waals surface area contributed by atoms with Crippen LogP contribution in [0.2, 0.25) is 0 Å². The molecule has 0 saturated heterocycles. The average molecular weight is 549 g/mol. The van der Waals surface area contributed by atoms with Crippen LogP contribution in [-0.4, -0.2) is 43.1 Å². The topological polar surface area (TPSA) is 57.2 Å². The maximum Gasteiger partial charge on any atom is 0.485 e. The summed E-state index contributed by atoms with van der Waals surface area (Å²) in [6.45, 7) is 9.47. The predicted molar refractivity (Wildman–Crippen MR) is 148 cm³/mol. The maximum absolute atomic E-state index is 10.7. The summed E-state index contributed by atoms with van der Waals surface area (Å²) in [5.74, 6) is 0. The van der Waals surface area contributed by atoms with Crippen LogP contribution in [0, 0.1) is 0 Å². The van der Waals surface area contributed by atoms with Gasteiger partial charge in [0.25, 0.3) is 0 Å². The van der Waals surface area contributed by atoms with E-state index >= 15 is 0 Å². The van der Waals surface area contributed by atoms with Crippen molar-refractivity contribution in [1.29, 1.82) is 0 Å². The molecule has 0 aliphatic rings. The lowest BCUT2D eigenvalue weighted by Gasteiger charge is -2.28. The number of unbranched alkanes of at least 4 members (excludes halogenated alkanes) is 14. The van der Waals surface area contributed by atoms with Crippen molar-refractivity contribution in [3.05, 3.63) is 0 Å². The van der Waals surface area contributed by atoms with E-state index in [0.717, 1.165) is 0 Å². The van der Waals surface area contributed by atoms with Crippen molar-refractivity contribution in [3.63, 3.8) is 0 Å². The molecule has 0 bridgehead atoms. The molecule has 0 aliphatic heterocycles. The minimum atomic E-state index is -6.09. The molecule has 0 amide bonds. The number of halogens is 3. The van der Waals surface area contributed by atoms with Gasteiger partial charge in [0, 0.05) is 7.26 Å². The van der Waals surface area contributed by atoms with E-state index < -0.39 is 22.9 Å². The third-order valence-corrected chi connectivity index (χ3v) is 12.4. The van der Waals surface area contributed by atoms with E-state index in [-0.39, 0.29) is 0 Å². The number of hydrogen-bond acceptors (Lipinski definition) is 3. The lowest BCUT2D eigenvalue weighted by molar-refractivity contribution is -0.0517. The van der Waals surface area contributed by atoms with E-state index in [9.17, 15) is 13.2 Å². The second-order valence-corrected chi connectivity index (χ2v) is 15.9. The molecule has 0 aliphatic carbocycles. The first-order valence-corrected chi connectivity index (χ1v) is 18.3. The Labute approximate surface area is 216 Å². The quantitative estimate of drug-likeness (QED) is 0.0585. The molecular weight excluding hydrogens is 492 g/mol. The fraction of sp³-hybridized carbons (Fsp3) is 1.00. The van der Waals surface area contributed by atoms with Gasteiger partial charge in [-0.05, 0) is 32.1 Å². The van der Waals surface area contributed by atoms with Crippen LogP contribution in [0.5, 0.6) is 0 Å². The third kappa shape index (κ3) is 23.0. The third-order valence-electron chi connectivity index (χ3n) is 6.73. The number of rotatable bonds is 22. The molecule has 0 heterocycles. The van der Waals surface area contributed by atoms with Gasteiger partial charge in [0.1, 0.15) is 0 Å². The normalized spacial score (nSPS) is 12.5. The molecule has 3 nitrogen and oxygen atoms in total. The molecule has 8 heteroatoms. The fourth-order valence-electron chi connectivity index (χ4n) is 4.44. The minimum absolute atomic E-state index is 0.626. The van der Waals surface area contributed by atoms with Crippen molar-refractivity contribution in [2.75, 3.05) is 24.6 Å². The smallest absolute Gasteiger partial charge is 0.485 e. The van der Waals surface area contributed by atoms with Gasteiger partial charge in [-0.3, -0.25) is 0 Å². The van der Waals surface area contributed by atoms with Gasteiger partial charge in [-0.2, -0.15) is 13.2 Å². The first-order chi connectivity index (χ1) is 16.5. The minimum Gasteiger partial charge on any atom is -0.741 e. The first kappa shape index (κ1) is 37.3. The Hall–Kier alpha value is 0.130. The van der Waals surface area contributed by atoms with E-state index in [0.29, 0.717) is 0 Å². The van der Waals surface area contributed by atoms with Gasteiger partial charge in [-0.15, -0.1) is 0 Å². The Balaban J connectivity index is 0. The van der Waals surface area contributed by atoms with Crippen molar-refractivity contribution in [2.24, 2.45) is 0 Å². The van der Waals surface area contributed by atoms with E-state index in [1.165, 1.54) is 109 Å². The van der Waals surface area contributed by atoms with Gasteiger partial charge >= 0.3 is 5.51 Å². The lowest BCUT2D eigenvalue weighted by Crippen LogP contribution is -2.21. The largest absolute Gasteiger partial charge is 0.741 e. The second-order valence-electron chi connectivity index (χ2n) is 10.1. The zero-order valence-electron chi connectivity index (χ0n) is 23.3. The highest BCUT2D eigenvalue weighted by molar-refractivity contribution is 7.86. The van der Waals surface area contributed by atoms with Crippen molar-refractivity contribution < 1.29 is 26.1 Å². The zero-order chi connectivity index (χ0) is 27.1. The Morgan fingerprint density at radius 3 is 1.00 bits per heavy atom. The van der Waals surface area contributed by atoms with E-state index in [4.69, 9.17) is 13.0 Å². The van der Waals surface area contributed by atoms with Crippen LogP contribution in [0.1, 0.15) is 143 Å². The van der Waals surface area contributed by atoms with Crippen LogP contribution >= 0.6 is 7.26 Å². The Bertz CT molecular complexity index is 533. The SMILES string of the molecule is CCCCCCCCCCCCCC[P+](CCCC)(CCCC)CCCC.O=S(=O)([O-])C(F)(F)F. The predicted octanol–water partition coefficient (Wildman–Crippen LogP) is 10.2. The van der Waals surface area contributed by atoms with Crippen LogP contribution in [0.3, 0.4) is 0 Å². The van der Waals surface area contributed by atoms with Crippen LogP contribution in [0.4, 0.5) is 13.2 Å². The van der Waals surface area contributed by atoms with Crippen molar-refractivity contribution in [3.8, 4) is 0 Å². The van der Waals surface area contributed by atoms with Crippen molar-refractivity contribution >= 4 is 17.4 Å². The van der Waals surface area contributed by atoms with E-state index in [1.54, 1.807) is 31.1 Å². The van der Waals surface area contributed by atoms with Gasteiger partial charge in [0.2, 0.25) is 0 Å². The summed E-state index contributed by atoms with van der Waals surface area (Å²) in [6, 6.07) is 0. The Morgan fingerprint density at radius 1 is 0.514 bits per heavy atom. The van der Waals surface area contributed by atoms with E-state index in [2.05, 4.69) is 27.7 Å². The second kappa shape index (κ2) is 23.3. The highest BCUT2D eigenvalue weighted by Gasteiger charge is 2.37. The summed E-state index contributed by atoms with van der Waals surface area (Å²) in [5.41, 5.74) is -5.65. The maximum atomic E-state index is 10.7. The molecule has 0 spiro atoms. The van der Waals surface area contributed by atoms with Crippen molar-refractivity contribution in [2.45, 2.75) is 149 Å².